The minimum atomic E-state index is -0.0927. The molecule has 128 valence electrons. The SMILES string of the molecule is CNCC(=O)N[C@H](C)c1cnc(N(C)C2CCCCC2)nc1C. The number of carbonyl (C=O) groups excluding carboxylic acids is 1. The summed E-state index contributed by atoms with van der Waals surface area (Å²) < 4.78 is 0. The second kappa shape index (κ2) is 8.24. The maximum atomic E-state index is 11.7. The Bertz CT molecular complexity index is 528. The summed E-state index contributed by atoms with van der Waals surface area (Å²) in [6, 6.07) is 0.451. The number of anilines is 1. The first-order valence-corrected chi connectivity index (χ1v) is 8.53. The fourth-order valence-corrected chi connectivity index (χ4v) is 3.22. The molecule has 1 aliphatic rings. The van der Waals surface area contributed by atoms with Gasteiger partial charge in [-0.1, -0.05) is 19.3 Å². The summed E-state index contributed by atoms with van der Waals surface area (Å²) in [5.74, 6) is 0.759. The van der Waals surface area contributed by atoms with Crippen molar-refractivity contribution in [2.75, 3.05) is 25.5 Å². The Balaban J connectivity index is 2.06. The lowest BCUT2D eigenvalue weighted by Gasteiger charge is -2.31. The van der Waals surface area contributed by atoms with Gasteiger partial charge in [-0.25, -0.2) is 9.97 Å². The smallest absolute Gasteiger partial charge is 0.234 e. The minimum Gasteiger partial charge on any atom is -0.348 e. The molecule has 0 aromatic carbocycles. The van der Waals surface area contributed by atoms with E-state index in [4.69, 9.17) is 0 Å². The number of nitrogens with one attached hydrogen (secondary N) is 2. The fourth-order valence-electron chi connectivity index (χ4n) is 3.22. The van der Waals surface area contributed by atoms with Gasteiger partial charge in [0, 0.05) is 30.5 Å². The zero-order valence-corrected chi connectivity index (χ0v) is 14.7. The molecule has 2 rings (SSSR count). The molecular weight excluding hydrogens is 290 g/mol. The molecule has 0 aliphatic heterocycles. The molecule has 0 radical (unpaired) electrons. The van der Waals surface area contributed by atoms with Gasteiger partial charge in [0.2, 0.25) is 11.9 Å². The molecular formula is C17H29N5O. The van der Waals surface area contributed by atoms with Gasteiger partial charge in [0.25, 0.3) is 0 Å². The van der Waals surface area contributed by atoms with E-state index in [0.717, 1.165) is 17.2 Å². The average molecular weight is 319 g/mol. The first-order valence-electron chi connectivity index (χ1n) is 8.53. The van der Waals surface area contributed by atoms with Crippen molar-refractivity contribution in [2.45, 2.75) is 58.0 Å². The number of aromatic nitrogens is 2. The fraction of sp³-hybridized carbons (Fsp3) is 0.706. The largest absolute Gasteiger partial charge is 0.348 e. The summed E-state index contributed by atoms with van der Waals surface area (Å²) >= 11 is 0. The zero-order valence-electron chi connectivity index (χ0n) is 14.7. The first kappa shape index (κ1) is 17.7. The Morgan fingerprint density at radius 3 is 2.70 bits per heavy atom. The van der Waals surface area contributed by atoms with Gasteiger partial charge in [0.1, 0.15) is 0 Å². The number of likely N-dealkylation sites (N-methyl/N-ethyl adjacent to an activating group) is 1. The molecule has 1 fully saturated rings. The molecule has 1 saturated carbocycles. The lowest BCUT2D eigenvalue weighted by atomic mass is 9.95. The van der Waals surface area contributed by atoms with E-state index in [0.29, 0.717) is 12.6 Å². The predicted molar refractivity (Wildman–Crippen MR) is 92.5 cm³/mol. The van der Waals surface area contributed by atoms with Gasteiger partial charge >= 0.3 is 0 Å². The number of amides is 1. The molecule has 6 heteroatoms. The highest BCUT2D eigenvalue weighted by molar-refractivity contribution is 5.78. The number of aryl methyl sites for hydroxylation is 1. The van der Waals surface area contributed by atoms with Crippen LogP contribution >= 0.6 is 0 Å². The third kappa shape index (κ3) is 4.64. The highest BCUT2D eigenvalue weighted by Crippen LogP contribution is 2.25. The quantitative estimate of drug-likeness (QED) is 0.839. The van der Waals surface area contributed by atoms with Crippen LogP contribution in [0.25, 0.3) is 0 Å². The molecule has 23 heavy (non-hydrogen) atoms. The van der Waals surface area contributed by atoms with Crippen LogP contribution in [0.15, 0.2) is 6.20 Å². The highest BCUT2D eigenvalue weighted by atomic mass is 16.1. The summed E-state index contributed by atoms with van der Waals surface area (Å²) in [6.07, 6.45) is 8.21. The minimum absolute atomic E-state index is 0.0252. The lowest BCUT2D eigenvalue weighted by molar-refractivity contribution is -0.120. The van der Waals surface area contributed by atoms with E-state index < -0.39 is 0 Å². The van der Waals surface area contributed by atoms with Gasteiger partial charge in [0.15, 0.2) is 0 Å². The van der Waals surface area contributed by atoms with E-state index in [9.17, 15) is 4.79 Å². The summed E-state index contributed by atoms with van der Waals surface area (Å²) in [6.45, 7) is 4.26. The van der Waals surface area contributed by atoms with Gasteiger partial charge < -0.3 is 15.5 Å². The van der Waals surface area contributed by atoms with Crippen LogP contribution in [0.5, 0.6) is 0 Å². The molecule has 1 aromatic heterocycles. The Hall–Kier alpha value is -1.69. The van der Waals surface area contributed by atoms with Gasteiger partial charge in [-0.3, -0.25) is 4.79 Å². The monoisotopic (exact) mass is 319 g/mol. The Morgan fingerprint density at radius 2 is 2.09 bits per heavy atom. The maximum absolute atomic E-state index is 11.7. The molecule has 0 saturated heterocycles. The van der Waals surface area contributed by atoms with Crippen molar-refractivity contribution in [3.05, 3.63) is 17.5 Å². The van der Waals surface area contributed by atoms with E-state index >= 15 is 0 Å². The van der Waals surface area contributed by atoms with E-state index in [1.165, 1.54) is 32.1 Å². The molecule has 1 aromatic rings. The summed E-state index contributed by atoms with van der Waals surface area (Å²) in [5.41, 5.74) is 1.89. The molecule has 0 bridgehead atoms. The molecule has 0 spiro atoms. The van der Waals surface area contributed by atoms with Crippen molar-refractivity contribution in [2.24, 2.45) is 0 Å². The number of hydrogen-bond donors (Lipinski definition) is 2. The lowest BCUT2D eigenvalue weighted by Crippen LogP contribution is -2.35. The third-order valence-corrected chi connectivity index (χ3v) is 4.62. The summed E-state index contributed by atoms with van der Waals surface area (Å²) in [4.78, 5) is 23.1. The Kier molecular flexibility index (Phi) is 6.33. The second-order valence-electron chi connectivity index (χ2n) is 6.43. The number of carbonyl (C=O) groups is 1. The van der Waals surface area contributed by atoms with Crippen molar-refractivity contribution in [3.8, 4) is 0 Å². The first-order chi connectivity index (χ1) is 11.0. The standard InChI is InChI=1S/C17H29N5O/c1-12(20-16(23)11-18-3)15-10-19-17(21-13(15)2)22(4)14-8-6-5-7-9-14/h10,12,14,18H,5-9,11H2,1-4H3,(H,20,23)/t12-/m1/s1. The van der Waals surface area contributed by atoms with Crippen LogP contribution in [0.4, 0.5) is 5.95 Å². The van der Waals surface area contributed by atoms with E-state index in [2.05, 4.69) is 32.5 Å². The van der Waals surface area contributed by atoms with Gasteiger partial charge in [-0.2, -0.15) is 0 Å². The van der Waals surface area contributed by atoms with Crippen LogP contribution in [0.2, 0.25) is 0 Å². The summed E-state index contributed by atoms with van der Waals surface area (Å²) in [5, 5.41) is 5.80. The highest BCUT2D eigenvalue weighted by Gasteiger charge is 2.21. The average Bonchev–Trinajstić information content (AvgIpc) is 2.54. The van der Waals surface area contributed by atoms with Crippen molar-refractivity contribution in [3.63, 3.8) is 0 Å². The maximum Gasteiger partial charge on any atom is 0.234 e. The van der Waals surface area contributed by atoms with Crippen molar-refractivity contribution in [1.82, 2.24) is 20.6 Å². The van der Waals surface area contributed by atoms with Crippen molar-refractivity contribution >= 4 is 11.9 Å². The van der Waals surface area contributed by atoms with Crippen LogP contribution in [0.3, 0.4) is 0 Å². The van der Waals surface area contributed by atoms with Gasteiger partial charge in [-0.15, -0.1) is 0 Å². The van der Waals surface area contributed by atoms with Crippen LogP contribution < -0.4 is 15.5 Å². The van der Waals surface area contributed by atoms with Crippen LogP contribution in [0.1, 0.15) is 56.3 Å². The van der Waals surface area contributed by atoms with Gasteiger partial charge in [-0.05, 0) is 33.7 Å². The molecule has 1 heterocycles. The van der Waals surface area contributed by atoms with Crippen LogP contribution in [0, 0.1) is 6.92 Å². The van der Waals surface area contributed by atoms with E-state index in [1.807, 2.05) is 20.0 Å². The molecule has 0 unspecified atom stereocenters. The topological polar surface area (TPSA) is 70.2 Å². The predicted octanol–water partition coefficient (Wildman–Crippen LogP) is 1.95. The molecule has 2 N–H and O–H groups in total. The summed E-state index contributed by atoms with van der Waals surface area (Å²) in [7, 11) is 3.84. The Morgan fingerprint density at radius 1 is 1.39 bits per heavy atom. The van der Waals surface area contributed by atoms with Gasteiger partial charge in [0.05, 0.1) is 12.6 Å². The van der Waals surface area contributed by atoms with E-state index in [-0.39, 0.29) is 11.9 Å². The van der Waals surface area contributed by atoms with Crippen LogP contribution in [-0.2, 0) is 4.79 Å². The number of nitrogens with zero attached hydrogens (tertiary/aromatic N) is 3. The normalized spacial score (nSPS) is 16.9. The van der Waals surface area contributed by atoms with Crippen molar-refractivity contribution in [1.29, 1.82) is 0 Å². The number of rotatable bonds is 6. The third-order valence-electron chi connectivity index (χ3n) is 4.62. The number of hydrogen-bond acceptors (Lipinski definition) is 5. The van der Waals surface area contributed by atoms with Crippen molar-refractivity contribution < 1.29 is 4.79 Å². The zero-order chi connectivity index (χ0) is 16.8. The Labute approximate surface area is 139 Å². The molecule has 1 atom stereocenters. The van der Waals surface area contributed by atoms with Crippen LogP contribution in [-0.4, -0.2) is 42.6 Å². The molecule has 1 amide bonds. The second-order valence-corrected chi connectivity index (χ2v) is 6.43. The molecule has 1 aliphatic carbocycles. The molecule has 6 nitrogen and oxygen atoms in total. The van der Waals surface area contributed by atoms with E-state index in [1.54, 1.807) is 7.05 Å².